The van der Waals surface area contributed by atoms with Crippen LogP contribution in [0, 0.1) is 11.7 Å². The Labute approximate surface area is 222 Å². The predicted octanol–water partition coefficient (Wildman–Crippen LogP) is 4.55. The Balaban J connectivity index is 1.75. The van der Waals surface area contributed by atoms with E-state index in [1.165, 1.54) is 22.8 Å². The first-order valence-electron chi connectivity index (χ1n) is 12.9. The molecule has 3 aromatic rings. The minimum Gasteiger partial charge on any atom is -0.370 e. The van der Waals surface area contributed by atoms with Crippen molar-refractivity contribution in [1.82, 2.24) is 19.8 Å². The van der Waals surface area contributed by atoms with E-state index in [0.29, 0.717) is 22.4 Å². The molecule has 2 aromatic carbocycles. The van der Waals surface area contributed by atoms with E-state index in [2.05, 4.69) is 29.0 Å². The molecule has 0 atom stereocenters. The summed E-state index contributed by atoms with van der Waals surface area (Å²) in [5.74, 6) is 0.0216. The van der Waals surface area contributed by atoms with Gasteiger partial charge in [0.1, 0.15) is 18.2 Å². The van der Waals surface area contributed by atoms with E-state index in [1.54, 1.807) is 0 Å². The number of nitrogens with one attached hydrogen (secondary N) is 1. The molecule has 0 spiro atoms. The number of anilines is 1. The van der Waals surface area contributed by atoms with Crippen molar-refractivity contribution in [2.45, 2.75) is 46.7 Å². The van der Waals surface area contributed by atoms with Crippen LogP contribution in [0.1, 0.15) is 34.1 Å². The molecule has 1 N–H and O–H groups in total. The molecule has 0 aliphatic carbocycles. The number of hydrogen-bond acceptors (Lipinski definition) is 5. The second kappa shape index (κ2) is 11.6. The van der Waals surface area contributed by atoms with Crippen LogP contribution in [0.4, 0.5) is 10.1 Å². The van der Waals surface area contributed by atoms with Crippen LogP contribution in [-0.2, 0) is 11.3 Å². The number of nitrogens with zero attached hydrogens (tertiary/aromatic N) is 4. The summed E-state index contributed by atoms with van der Waals surface area (Å²) < 4.78 is 15.2. The van der Waals surface area contributed by atoms with Gasteiger partial charge in [-0.3, -0.25) is 14.2 Å². The van der Waals surface area contributed by atoms with Gasteiger partial charge in [-0.25, -0.2) is 9.37 Å². The van der Waals surface area contributed by atoms with Crippen molar-refractivity contribution in [3.63, 3.8) is 0 Å². The summed E-state index contributed by atoms with van der Waals surface area (Å²) in [6.07, 6.45) is 1.05. The number of halogens is 2. The van der Waals surface area contributed by atoms with E-state index < -0.39 is 5.82 Å². The molecule has 2 heterocycles. The van der Waals surface area contributed by atoms with Gasteiger partial charge >= 0.3 is 0 Å². The third kappa shape index (κ3) is 6.48. The number of aromatic nitrogens is 2. The average Bonchev–Trinajstić information content (AvgIpc) is 3.07. The quantitative estimate of drug-likeness (QED) is 0.488. The summed E-state index contributed by atoms with van der Waals surface area (Å²) >= 11 is 6.03. The first kappa shape index (κ1) is 27.1. The molecule has 37 heavy (non-hydrogen) atoms. The molecule has 9 heteroatoms. The Morgan fingerprint density at radius 3 is 2.57 bits per heavy atom. The van der Waals surface area contributed by atoms with Crippen molar-refractivity contribution < 1.29 is 9.18 Å². The van der Waals surface area contributed by atoms with Gasteiger partial charge in [-0.1, -0.05) is 25.4 Å². The van der Waals surface area contributed by atoms with Crippen LogP contribution >= 0.6 is 11.6 Å². The number of carbonyl (C=O) groups is 1. The Kier molecular flexibility index (Phi) is 8.49. The van der Waals surface area contributed by atoms with Crippen LogP contribution < -0.4 is 15.8 Å². The molecule has 1 aromatic heterocycles. The van der Waals surface area contributed by atoms with E-state index in [9.17, 15) is 14.0 Å². The number of benzene rings is 2. The minimum absolute atomic E-state index is 0.0759. The molecule has 4 rings (SSSR count). The Bertz CT molecular complexity index is 1340. The SMILES string of the molecule is CC(C)CN1CCCN(c2ccc3nc(-c4ccc(F)c(Cl)c4)n(CC(=O)NC(C)C)c(=O)c3c2)CC1. The number of fused-ring (bicyclic) bond motifs is 1. The molecule has 0 bridgehead atoms. The highest BCUT2D eigenvalue weighted by Gasteiger charge is 2.20. The third-order valence-corrected chi connectivity index (χ3v) is 6.73. The topological polar surface area (TPSA) is 70.5 Å². The van der Waals surface area contributed by atoms with Crippen molar-refractivity contribution in [1.29, 1.82) is 0 Å². The van der Waals surface area contributed by atoms with E-state index in [1.807, 2.05) is 32.0 Å². The maximum atomic E-state index is 13.8. The molecule has 1 aliphatic heterocycles. The second-order valence-electron chi connectivity index (χ2n) is 10.4. The van der Waals surface area contributed by atoms with Crippen LogP contribution in [0.15, 0.2) is 41.2 Å². The van der Waals surface area contributed by atoms with Crippen molar-refractivity contribution in [3.8, 4) is 11.4 Å². The van der Waals surface area contributed by atoms with Crippen molar-refractivity contribution >= 4 is 34.1 Å². The zero-order chi connectivity index (χ0) is 26.7. The van der Waals surface area contributed by atoms with E-state index in [4.69, 9.17) is 16.6 Å². The summed E-state index contributed by atoms with van der Waals surface area (Å²) in [6, 6.07) is 9.81. The van der Waals surface area contributed by atoms with Gasteiger partial charge in [0, 0.05) is 43.5 Å². The van der Waals surface area contributed by atoms with Gasteiger partial charge in [0.25, 0.3) is 5.56 Å². The normalized spacial score (nSPS) is 15.0. The van der Waals surface area contributed by atoms with Crippen LogP contribution in [0.2, 0.25) is 5.02 Å². The molecule has 198 valence electrons. The van der Waals surface area contributed by atoms with Gasteiger partial charge in [-0.15, -0.1) is 0 Å². The van der Waals surface area contributed by atoms with Gasteiger partial charge in [0.15, 0.2) is 0 Å². The molecular weight excluding hydrogens is 493 g/mol. The zero-order valence-electron chi connectivity index (χ0n) is 21.9. The standard InChI is InChI=1S/C28H35ClFN5O2/c1-18(2)16-33-10-5-11-34(13-12-33)21-7-9-25-22(15-21)28(37)35(17-26(36)31-19(3)4)27(32-25)20-6-8-24(30)23(29)14-20/h6-9,14-15,18-19H,5,10-13,16-17H2,1-4H3,(H,31,36). The first-order valence-corrected chi connectivity index (χ1v) is 13.3. The highest BCUT2D eigenvalue weighted by atomic mass is 35.5. The van der Waals surface area contributed by atoms with Crippen molar-refractivity contribution in [2.75, 3.05) is 37.6 Å². The van der Waals surface area contributed by atoms with E-state index >= 15 is 0 Å². The fraction of sp³-hybridized carbons (Fsp3) is 0.464. The van der Waals surface area contributed by atoms with Crippen LogP contribution in [0.5, 0.6) is 0 Å². The summed E-state index contributed by atoms with van der Waals surface area (Å²) in [5, 5.41) is 3.19. The summed E-state index contributed by atoms with van der Waals surface area (Å²) in [4.78, 5) is 36.0. The largest absolute Gasteiger partial charge is 0.370 e. The third-order valence-electron chi connectivity index (χ3n) is 6.44. The van der Waals surface area contributed by atoms with Gasteiger partial charge in [-0.2, -0.15) is 0 Å². The monoisotopic (exact) mass is 527 g/mol. The second-order valence-corrected chi connectivity index (χ2v) is 10.8. The number of amides is 1. The van der Waals surface area contributed by atoms with Gasteiger partial charge in [0.05, 0.1) is 15.9 Å². The van der Waals surface area contributed by atoms with E-state index in [0.717, 1.165) is 44.8 Å². The van der Waals surface area contributed by atoms with Gasteiger partial charge in [0.2, 0.25) is 5.91 Å². The lowest BCUT2D eigenvalue weighted by Crippen LogP contribution is -2.37. The lowest BCUT2D eigenvalue weighted by atomic mass is 10.1. The summed E-state index contributed by atoms with van der Waals surface area (Å²) in [7, 11) is 0. The smallest absolute Gasteiger partial charge is 0.262 e. The lowest BCUT2D eigenvalue weighted by Gasteiger charge is -2.25. The summed E-state index contributed by atoms with van der Waals surface area (Å²) in [5.41, 5.74) is 1.62. The molecule has 7 nitrogen and oxygen atoms in total. The molecule has 0 saturated carbocycles. The van der Waals surface area contributed by atoms with Gasteiger partial charge in [-0.05, 0) is 69.1 Å². The fourth-order valence-electron chi connectivity index (χ4n) is 4.85. The minimum atomic E-state index is -0.563. The molecular formula is C28H35ClFN5O2. The predicted molar refractivity (Wildman–Crippen MR) is 148 cm³/mol. The molecule has 1 fully saturated rings. The number of rotatable bonds is 7. The Morgan fingerprint density at radius 2 is 1.86 bits per heavy atom. The Morgan fingerprint density at radius 1 is 1.08 bits per heavy atom. The highest BCUT2D eigenvalue weighted by molar-refractivity contribution is 6.31. The maximum Gasteiger partial charge on any atom is 0.262 e. The fourth-order valence-corrected chi connectivity index (χ4v) is 5.03. The molecule has 1 saturated heterocycles. The number of hydrogen-bond donors (Lipinski definition) is 1. The van der Waals surface area contributed by atoms with Crippen LogP contribution in [0.3, 0.4) is 0 Å². The average molecular weight is 528 g/mol. The van der Waals surface area contributed by atoms with Gasteiger partial charge < -0.3 is 15.1 Å². The van der Waals surface area contributed by atoms with Crippen LogP contribution in [0.25, 0.3) is 22.3 Å². The van der Waals surface area contributed by atoms with E-state index in [-0.39, 0.29) is 34.9 Å². The first-order chi connectivity index (χ1) is 17.6. The molecule has 1 aliphatic rings. The van der Waals surface area contributed by atoms with Crippen molar-refractivity contribution in [2.24, 2.45) is 5.92 Å². The van der Waals surface area contributed by atoms with Crippen molar-refractivity contribution in [3.05, 3.63) is 57.6 Å². The zero-order valence-corrected chi connectivity index (χ0v) is 22.7. The molecule has 0 radical (unpaired) electrons. The van der Waals surface area contributed by atoms with Crippen LogP contribution in [-0.4, -0.2) is 59.1 Å². The number of carbonyl (C=O) groups excluding carboxylic acids is 1. The highest BCUT2D eigenvalue weighted by Crippen LogP contribution is 2.26. The molecule has 0 unspecified atom stereocenters. The maximum absolute atomic E-state index is 13.8. The molecule has 1 amide bonds. The summed E-state index contributed by atoms with van der Waals surface area (Å²) in [6.45, 7) is 12.9. The lowest BCUT2D eigenvalue weighted by molar-refractivity contribution is -0.122. The Hall–Kier alpha value is -2.97.